The third-order valence-electron chi connectivity index (χ3n) is 2.68. The van der Waals surface area contributed by atoms with Crippen molar-refractivity contribution in [2.75, 3.05) is 0 Å². The van der Waals surface area contributed by atoms with Gasteiger partial charge in [0, 0.05) is 32.0 Å². The number of benzene rings is 1. The summed E-state index contributed by atoms with van der Waals surface area (Å²) in [7, 11) is 0. The molecule has 0 radical (unpaired) electrons. The van der Waals surface area contributed by atoms with E-state index in [4.69, 9.17) is 0 Å². The number of halogens is 2. The molecule has 0 spiro atoms. The Kier molecular flexibility index (Phi) is 4.64. The van der Waals surface area contributed by atoms with E-state index in [0.717, 1.165) is 14.5 Å². The first-order valence-electron chi connectivity index (χ1n) is 5.64. The van der Waals surface area contributed by atoms with Gasteiger partial charge in [-0.15, -0.1) is 11.3 Å². The molecule has 0 amide bonds. The topological polar surface area (TPSA) is 20.2 Å². The number of hydrogen-bond acceptors (Lipinski definition) is 2. The van der Waals surface area contributed by atoms with E-state index in [-0.39, 0.29) is 0 Å². The highest BCUT2D eigenvalue weighted by Gasteiger charge is 2.22. The molecule has 1 heterocycles. The molecule has 1 unspecified atom stereocenters. The Hall–Kier alpha value is -0.160. The van der Waals surface area contributed by atoms with E-state index in [9.17, 15) is 5.11 Å². The third kappa shape index (κ3) is 4.19. The summed E-state index contributed by atoms with van der Waals surface area (Å²) in [5, 5.41) is 12.5. The molecule has 0 saturated heterocycles. The number of hydrogen-bond donors (Lipinski definition) is 1. The summed E-state index contributed by atoms with van der Waals surface area (Å²) < 4.78 is 2.15. The maximum Gasteiger partial charge on any atom is 0.0707 e. The van der Waals surface area contributed by atoms with Crippen LogP contribution in [0.5, 0.6) is 0 Å². The zero-order valence-corrected chi connectivity index (χ0v) is 14.0. The summed E-state index contributed by atoms with van der Waals surface area (Å²) in [4.78, 5) is 1.20. The third-order valence-corrected chi connectivity index (χ3v) is 4.90. The van der Waals surface area contributed by atoms with Crippen molar-refractivity contribution in [1.82, 2.24) is 0 Å². The largest absolute Gasteiger partial charge is 0.389 e. The van der Waals surface area contributed by atoms with Gasteiger partial charge >= 0.3 is 0 Å². The number of rotatable bonds is 4. The van der Waals surface area contributed by atoms with Gasteiger partial charge in [-0.3, -0.25) is 0 Å². The van der Waals surface area contributed by atoms with Crippen molar-refractivity contribution in [3.05, 3.63) is 55.1 Å². The molecule has 1 aromatic carbocycles. The van der Waals surface area contributed by atoms with Crippen molar-refractivity contribution >= 4 is 43.2 Å². The van der Waals surface area contributed by atoms with Gasteiger partial charge in [-0.1, -0.05) is 28.1 Å². The molecule has 4 heteroatoms. The van der Waals surface area contributed by atoms with Crippen LogP contribution in [-0.4, -0.2) is 10.7 Å². The Morgan fingerprint density at radius 3 is 2.33 bits per heavy atom. The number of thiophene rings is 1. The first kappa shape index (κ1) is 14.3. The second-order valence-corrected chi connectivity index (χ2v) is 7.54. The maximum absolute atomic E-state index is 10.5. The Morgan fingerprint density at radius 2 is 1.78 bits per heavy atom. The van der Waals surface area contributed by atoms with Gasteiger partial charge in [0.25, 0.3) is 0 Å². The summed E-state index contributed by atoms with van der Waals surface area (Å²) >= 11 is 8.53. The monoisotopic (exact) mass is 388 g/mol. The second-order valence-electron chi connectivity index (χ2n) is 4.71. The van der Waals surface area contributed by atoms with Crippen LogP contribution < -0.4 is 0 Å². The predicted octanol–water partition coefficient (Wildman–Crippen LogP) is 4.81. The molecular weight excluding hydrogens is 376 g/mol. The smallest absolute Gasteiger partial charge is 0.0707 e. The van der Waals surface area contributed by atoms with Gasteiger partial charge in [0.15, 0.2) is 0 Å². The van der Waals surface area contributed by atoms with Crippen LogP contribution in [0.4, 0.5) is 0 Å². The fourth-order valence-electron chi connectivity index (χ4n) is 1.93. The Labute approximate surface area is 128 Å². The minimum absolute atomic E-state index is 0.662. The average molecular weight is 390 g/mol. The van der Waals surface area contributed by atoms with E-state index >= 15 is 0 Å². The average Bonchev–Trinajstić information content (AvgIpc) is 2.66. The molecule has 0 bridgehead atoms. The molecule has 0 aliphatic rings. The highest BCUT2D eigenvalue weighted by Crippen LogP contribution is 2.26. The summed E-state index contributed by atoms with van der Waals surface area (Å²) in [6, 6.07) is 10.2. The Morgan fingerprint density at radius 1 is 1.11 bits per heavy atom. The molecule has 0 aliphatic heterocycles. The van der Waals surface area contributed by atoms with Gasteiger partial charge in [0.05, 0.1) is 5.60 Å². The van der Waals surface area contributed by atoms with Crippen LogP contribution in [0.25, 0.3) is 0 Å². The SMILES string of the molecule is CC(O)(Cc1ccc(Br)cc1)Cc1cc(Br)cs1. The normalized spacial score (nSPS) is 14.4. The Bertz CT molecular complexity index is 517. The quantitative estimate of drug-likeness (QED) is 0.795. The molecular formula is C14H14Br2OS. The highest BCUT2D eigenvalue weighted by molar-refractivity contribution is 9.10. The van der Waals surface area contributed by atoms with Gasteiger partial charge in [-0.05, 0) is 46.6 Å². The predicted molar refractivity (Wildman–Crippen MR) is 84.2 cm³/mol. The lowest BCUT2D eigenvalue weighted by atomic mass is 9.93. The van der Waals surface area contributed by atoms with Gasteiger partial charge < -0.3 is 5.11 Å². The lowest BCUT2D eigenvalue weighted by Crippen LogP contribution is -2.29. The summed E-state index contributed by atoms with van der Waals surface area (Å²) in [5.41, 5.74) is 0.441. The van der Waals surface area contributed by atoms with Crippen molar-refractivity contribution in [1.29, 1.82) is 0 Å². The van der Waals surface area contributed by atoms with Crippen molar-refractivity contribution < 1.29 is 5.11 Å². The number of aliphatic hydroxyl groups is 1. The maximum atomic E-state index is 10.5. The van der Waals surface area contributed by atoms with Crippen LogP contribution in [0.3, 0.4) is 0 Å². The zero-order valence-electron chi connectivity index (χ0n) is 9.99. The molecule has 0 fully saturated rings. The van der Waals surface area contributed by atoms with E-state index < -0.39 is 5.60 Å². The molecule has 1 N–H and O–H groups in total. The van der Waals surface area contributed by atoms with Crippen molar-refractivity contribution in [2.24, 2.45) is 0 Å². The summed E-state index contributed by atoms with van der Waals surface area (Å²) in [5.74, 6) is 0. The minimum atomic E-state index is -0.710. The van der Waals surface area contributed by atoms with E-state index in [1.807, 2.05) is 36.6 Å². The molecule has 1 atom stereocenters. The van der Waals surface area contributed by atoms with Gasteiger partial charge in [-0.2, -0.15) is 0 Å². The van der Waals surface area contributed by atoms with Crippen molar-refractivity contribution in [3.8, 4) is 0 Å². The summed E-state index contributed by atoms with van der Waals surface area (Å²) in [6.07, 6.45) is 1.34. The fraction of sp³-hybridized carbons (Fsp3) is 0.286. The van der Waals surface area contributed by atoms with E-state index in [0.29, 0.717) is 12.8 Å². The standard InChI is InChI=1S/C14H14Br2OS/c1-14(17,8-13-6-12(16)9-18-13)7-10-2-4-11(15)5-3-10/h2-6,9,17H,7-8H2,1H3. The van der Waals surface area contributed by atoms with Crippen LogP contribution in [0.2, 0.25) is 0 Å². The van der Waals surface area contributed by atoms with Crippen LogP contribution in [0.1, 0.15) is 17.4 Å². The van der Waals surface area contributed by atoms with Crippen molar-refractivity contribution in [2.45, 2.75) is 25.4 Å². The summed E-state index contributed by atoms with van der Waals surface area (Å²) in [6.45, 7) is 1.89. The zero-order chi connectivity index (χ0) is 13.2. The minimum Gasteiger partial charge on any atom is -0.389 e. The van der Waals surface area contributed by atoms with Crippen LogP contribution in [0, 0.1) is 0 Å². The molecule has 2 rings (SSSR count). The lowest BCUT2D eigenvalue weighted by Gasteiger charge is -2.22. The van der Waals surface area contributed by atoms with Crippen LogP contribution >= 0.6 is 43.2 Å². The molecule has 1 aromatic heterocycles. The van der Waals surface area contributed by atoms with Crippen LogP contribution in [-0.2, 0) is 12.8 Å². The molecule has 96 valence electrons. The molecule has 0 aliphatic carbocycles. The van der Waals surface area contributed by atoms with Gasteiger partial charge in [0.1, 0.15) is 0 Å². The van der Waals surface area contributed by atoms with E-state index in [2.05, 4.69) is 37.9 Å². The second kappa shape index (κ2) is 5.87. The van der Waals surface area contributed by atoms with E-state index in [1.54, 1.807) is 11.3 Å². The fourth-order valence-corrected chi connectivity index (χ4v) is 3.82. The molecule has 18 heavy (non-hydrogen) atoms. The first-order chi connectivity index (χ1) is 8.44. The van der Waals surface area contributed by atoms with Crippen molar-refractivity contribution in [3.63, 3.8) is 0 Å². The van der Waals surface area contributed by atoms with Crippen LogP contribution in [0.15, 0.2) is 44.7 Å². The highest BCUT2D eigenvalue weighted by atomic mass is 79.9. The molecule has 0 saturated carbocycles. The van der Waals surface area contributed by atoms with Gasteiger partial charge in [0.2, 0.25) is 0 Å². The molecule has 1 nitrogen and oxygen atoms in total. The van der Waals surface area contributed by atoms with E-state index in [1.165, 1.54) is 4.88 Å². The first-order valence-corrected chi connectivity index (χ1v) is 8.11. The Balaban J connectivity index is 2.04. The lowest BCUT2D eigenvalue weighted by molar-refractivity contribution is 0.0616. The molecule has 2 aromatic rings. The van der Waals surface area contributed by atoms with Gasteiger partial charge in [-0.25, -0.2) is 0 Å².